The molecule has 8 heteroatoms. The van der Waals surface area contributed by atoms with Crippen LogP contribution in [-0.4, -0.2) is 27.8 Å². The zero-order valence-corrected chi connectivity index (χ0v) is 16.8. The second-order valence-corrected chi connectivity index (χ2v) is 8.02. The number of H-pyrrole nitrogens is 1. The average molecular weight is 417 g/mol. The van der Waals surface area contributed by atoms with E-state index in [0.717, 1.165) is 11.1 Å². The van der Waals surface area contributed by atoms with Crippen LogP contribution in [0.15, 0.2) is 34.2 Å². The van der Waals surface area contributed by atoms with Crippen molar-refractivity contribution in [1.82, 2.24) is 9.97 Å². The zero-order chi connectivity index (χ0) is 20.1. The number of aromatic nitrogens is 2. The lowest BCUT2D eigenvalue weighted by Gasteiger charge is -2.22. The lowest BCUT2D eigenvalue weighted by atomic mass is 9.98. The molecule has 1 aromatic carbocycles. The van der Waals surface area contributed by atoms with Crippen molar-refractivity contribution in [3.05, 3.63) is 61.5 Å². The molecule has 1 aliphatic rings. The van der Waals surface area contributed by atoms with E-state index in [-0.39, 0.29) is 5.56 Å². The molecule has 3 aromatic rings. The van der Waals surface area contributed by atoms with Gasteiger partial charge in [0.15, 0.2) is 0 Å². The molecule has 144 valence electrons. The summed E-state index contributed by atoms with van der Waals surface area (Å²) in [6.45, 7) is 3.94. The Kier molecular flexibility index (Phi) is 4.65. The summed E-state index contributed by atoms with van der Waals surface area (Å²) >= 11 is 12.9. The first-order valence-corrected chi connectivity index (χ1v) is 9.54. The fraction of sp³-hybridized carbons (Fsp3) is 0.250. The number of rotatable bonds is 3. The highest BCUT2D eigenvalue weighted by molar-refractivity contribution is 6.39. The number of hydrogen-bond donors (Lipinski definition) is 3. The molecular formula is C20H18Cl2N4O2. The molecule has 4 rings (SSSR count). The third kappa shape index (κ3) is 3.28. The van der Waals surface area contributed by atoms with Gasteiger partial charge in [-0.15, -0.1) is 0 Å². The Hall–Kier alpha value is -2.41. The zero-order valence-electron chi connectivity index (χ0n) is 15.3. The molecule has 28 heavy (non-hydrogen) atoms. The lowest BCUT2D eigenvalue weighted by Crippen LogP contribution is -2.16. The maximum atomic E-state index is 12.3. The monoisotopic (exact) mass is 416 g/mol. The molecule has 0 atom stereocenters. The Bertz CT molecular complexity index is 1160. The van der Waals surface area contributed by atoms with Gasteiger partial charge in [0.1, 0.15) is 5.82 Å². The summed E-state index contributed by atoms with van der Waals surface area (Å²) in [6, 6.07) is 5.09. The van der Waals surface area contributed by atoms with Crippen LogP contribution in [0.25, 0.3) is 10.9 Å². The van der Waals surface area contributed by atoms with Crippen LogP contribution in [0.4, 0.5) is 11.5 Å². The molecule has 0 saturated carbocycles. The van der Waals surface area contributed by atoms with E-state index in [1.165, 1.54) is 0 Å². The maximum absolute atomic E-state index is 12.3. The van der Waals surface area contributed by atoms with E-state index in [4.69, 9.17) is 23.2 Å². The normalized spacial score (nSPS) is 13.6. The molecular weight excluding hydrogens is 399 g/mol. The molecule has 2 aromatic heterocycles. The topological polar surface area (TPSA) is 90.4 Å². The second kappa shape index (κ2) is 6.88. The number of anilines is 2. The van der Waals surface area contributed by atoms with Gasteiger partial charge in [0.2, 0.25) is 0 Å². The van der Waals surface area contributed by atoms with Gasteiger partial charge in [-0.05, 0) is 44.0 Å². The number of benzene rings is 1. The minimum absolute atomic E-state index is 0.202. The van der Waals surface area contributed by atoms with Gasteiger partial charge >= 0.3 is 0 Å². The predicted molar refractivity (Wildman–Crippen MR) is 114 cm³/mol. The van der Waals surface area contributed by atoms with Crippen molar-refractivity contribution in [3.8, 4) is 0 Å². The third-order valence-corrected chi connectivity index (χ3v) is 5.35. The van der Waals surface area contributed by atoms with Gasteiger partial charge < -0.3 is 15.4 Å². The number of fused-ring (bicyclic) bond motifs is 3. The van der Waals surface area contributed by atoms with Crippen molar-refractivity contribution in [2.24, 2.45) is 4.99 Å². The molecule has 3 N–H and O–H groups in total. The van der Waals surface area contributed by atoms with Gasteiger partial charge in [0.05, 0.1) is 32.2 Å². The molecule has 1 aliphatic heterocycles. The highest BCUT2D eigenvalue weighted by Gasteiger charge is 2.22. The van der Waals surface area contributed by atoms with E-state index < -0.39 is 5.60 Å². The Morgan fingerprint density at radius 3 is 2.64 bits per heavy atom. The van der Waals surface area contributed by atoms with Crippen molar-refractivity contribution in [3.63, 3.8) is 0 Å². The first kappa shape index (κ1) is 18.9. The van der Waals surface area contributed by atoms with Crippen molar-refractivity contribution in [2.75, 3.05) is 11.9 Å². The van der Waals surface area contributed by atoms with Crippen LogP contribution in [0.2, 0.25) is 10.0 Å². The number of halogens is 2. The first-order valence-electron chi connectivity index (χ1n) is 8.78. The number of nitrogens with zero attached hydrogens (tertiary/aromatic N) is 2. The summed E-state index contributed by atoms with van der Waals surface area (Å²) in [5.74, 6) is 0.582. The molecule has 0 saturated heterocycles. The SMILES string of the molecule is CC(C)(O)c1cc(Cl)c(Nc2nc3cc[nH]c(=O)c3c3c2CCN=C3)c(Cl)c1. The molecule has 0 spiro atoms. The standard InChI is InChI=1S/C20H18Cl2N4O2/c1-20(2,28)10-7-13(21)17(14(22)8-10)26-18-11-3-5-23-9-12(11)16-15(25-18)4-6-24-19(16)27/h4,6-9,28H,3,5H2,1-2H3,(H,24,27)(H,25,26). The molecule has 6 nitrogen and oxygen atoms in total. The van der Waals surface area contributed by atoms with Crippen LogP contribution in [0, 0.1) is 0 Å². The van der Waals surface area contributed by atoms with E-state index in [1.54, 1.807) is 44.5 Å². The summed E-state index contributed by atoms with van der Waals surface area (Å²) in [4.78, 5) is 24.0. The third-order valence-electron chi connectivity index (χ3n) is 4.75. The molecule has 0 amide bonds. The Morgan fingerprint density at radius 1 is 1.25 bits per heavy atom. The molecule has 0 bridgehead atoms. The number of aliphatic hydroxyl groups is 1. The quantitative estimate of drug-likeness (QED) is 0.597. The molecule has 0 unspecified atom stereocenters. The van der Waals surface area contributed by atoms with Gasteiger partial charge in [0, 0.05) is 30.1 Å². The highest BCUT2D eigenvalue weighted by Crippen LogP contribution is 2.38. The Morgan fingerprint density at radius 2 is 1.96 bits per heavy atom. The van der Waals surface area contributed by atoms with E-state index in [1.807, 2.05) is 0 Å². The Labute approximate surface area is 171 Å². The summed E-state index contributed by atoms with van der Waals surface area (Å²) < 4.78 is 0. The van der Waals surface area contributed by atoms with Gasteiger partial charge in [-0.25, -0.2) is 4.98 Å². The highest BCUT2D eigenvalue weighted by atomic mass is 35.5. The van der Waals surface area contributed by atoms with Gasteiger partial charge in [-0.1, -0.05) is 23.2 Å². The fourth-order valence-corrected chi connectivity index (χ4v) is 3.86. The molecule has 0 aliphatic carbocycles. The fourth-order valence-electron chi connectivity index (χ4n) is 3.28. The van der Waals surface area contributed by atoms with E-state index >= 15 is 0 Å². The summed E-state index contributed by atoms with van der Waals surface area (Å²) in [7, 11) is 0. The minimum atomic E-state index is -1.07. The van der Waals surface area contributed by atoms with Crippen LogP contribution < -0.4 is 10.9 Å². The largest absolute Gasteiger partial charge is 0.386 e. The lowest BCUT2D eigenvalue weighted by molar-refractivity contribution is 0.0786. The summed E-state index contributed by atoms with van der Waals surface area (Å²) in [6.07, 6.45) is 3.91. The van der Waals surface area contributed by atoms with Gasteiger partial charge in [-0.3, -0.25) is 9.79 Å². The smallest absolute Gasteiger partial charge is 0.258 e. The number of aliphatic imine (C=N–C) groups is 1. The van der Waals surface area contributed by atoms with Crippen LogP contribution in [0.3, 0.4) is 0 Å². The van der Waals surface area contributed by atoms with E-state index in [9.17, 15) is 9.90 Å². The van der Waals surface area contributed by atoms with Crippen LogP contribution in [-0.2, 0) is 12.0 Å². The van der Waals surface area contributed by atoms with E-state index in [2.05, 4.69) is 20.3 Å². The van der Waals surface area contributed by atoms with Crippen molar-refractivity contribution in [2.45, 2.75) is 25.9 Å². The summed E-state index contributed by atoms with van der Waals surface area (Å²) in [5, 5.41) is 14.7. The first-order chi connectivity index (χ1) is 13.3. The molecule has 3 heterocycles. The van der Waals surface area contributed by atoms with Crippen LogP contribution in [0.5, 0.6) is 0 Å². The van der Waals surface area contributed by atoms with Gasteiger partial charge in [-0.2, -0.15) is 0 Å². The summed E-state index contributed by atoms with van der Waals surface area (Å²) in [5.41, 5.74) is 2.03. The van der Waals surface area contributed by atoms with Gasteiger partial charge in [0.25, 0.3) is 5.56 Å². The number of pyridine rings is 2. The van der Waals surface area contributed by atoms with Crippen molar-refractivity contribution in [1.29, 1.82) is 0 Å². The van der Waals surface area contributed by atoms with Crippen molar-refractivity contribution < 1.29 is 5.11 Å². The maximum Gasteiger partial charge on any atom is 0.258 e. The van der Waals surface area contributed by atoms with Crippen LogP contribution in [0.1, 0.15) is 30.5 Å². The minimum Gasteiger partial charge on any atom is -0.386 e. The second-order valence-electron chi connectivity index (χ2n) is 7.20. The molecule has 0 fully saturated rings. The predicted octanol–water partition coefficient (Wildman–Crippen LogP) is 4.18. The van der Waals surface area contributed by atoms with E-state index in [0.29, 0.717) is 51.0 Å². The van der Waals surface area contributed by atoms with Crippen LogP contribution >= 0.6 is 23.2 Å². The number of hydrogen-bond acceptors (Lipinski definition) is 5. The average Bonchev–Trinajstić information content (AvgIpc) is 2.63. The Balaban J connectivity index is 1.88. The van der Waals surface area contributed by atoms with Crippen molar-refractivity contribution >= 4 is 51.8 Å². The molecule has 0 radical (unpaired) electrons. The number of nitrogens with one attached hydrogen (secondary N) is 2. The number of aromatic amines is 1.